The van der Waals surface area contributed by atoms with Crippen molar-refractivity contribution < 1.29 is 19.1 Å². The standard InChI is InChI=1S/C13H21N3O4/c1-6-8(16-12(18)20-13(2,3)4)10-14-7-9(15-10)11(17)19-5/h7-8H,6H2,1-5H3,(H,14,15)(H,16,18)/t8-/m0/s1. The molecule has 7 heteroatoms. The van der Waals surface area contributed by atoms with Crippen molar-refractivity contribution in [2.45, 2.75) is 45.8 Å². The molecule has 0 spiro atoms. The van der Waals surface area contributed by atoms with Gasteiger partial charge in [-0.3, -0.25) is 0 Å². The van der Waals surface area contributed by atoms with E-state index in [1.807, 2.05) is 6.92 Å². The molecule has 0 saturated carbocycles. The summed E-state index contributed by atoms with van der Waals surface area (Å²) in [5, 5.41) is 2.70. The third-order valence-corrected chi connectivity index (χ3v) is 2.43. The SMILES string of the molecule is CC[C@H](NC(=O)OC(C)(C)C)c1ncc(C(=O)OC)[nH]1. The molecule has 2 N–H and O–H groups in total. The number of esters is 1. The molecule has 7 nitrogen and oxygen atoms in total. The number of hydrogen-bond donors (Lipinski definition) is 2. The number of aromatic amines is 1. The van der Waals surface area contributed by atoms with E-state index in [1.165, 1.54) is 13.3 Å². The number of hydrogen-bond acceptors (Lipinski definition) is 5. The molecule has 0 saturated heterocycles. The van der Waals surface area contributed by atoms with Crippen LogP contribution in [0.25, 0.3) is 0 Å². The van der Waals surface area contributed by atoms with Crippen molar-refractivity contribution in [3.63, 3.8) is 0 Å². The van der Waals surface area contributed by atoms with E-state index < -0.39 is 17.7 Å². The highest BCUT2D eigenvalue weighted by Crippen LogP contribution is 2.15. The van der Waals surface area contributed by atoms with Crippen LogP contribution in [-0.2, 0) is 9.47 Å². The average Bonchev–Trinajstić information content (AvgIpc) is 2.82. The topological polar surface area (TPSA) is 93.3 Å². The number of carbonyl (C=O) groups excluding carboxylic acids is 2. The highest BCUT2D eigenvalue weighted by Gasteiger charge is 2.22. The minimum absolute atomic E-state index is 0.243. The number of nitrogens with zero attached hydrogens (tertiary/aromatic N) is 1. The molecule has 112 valence electrons. The molecule has 1 heterocycles. The van der Waals surface area contributed by atoms with Gasteiger partial charge in [0.15, 0.2) is 0 Å². The molecule has 0 fully saturated rings. The van der Waals surface area contributed by atoms with Gasteiger partial charge in [-0.2, -0.15) is 0 Å². The number of imidazole rings is 1. The van der Waals surface area contributed by atoms with Gasteiger partial charge in [-0.25, -0.2) is 14.6 Å². The molecule has 0 aromatic carbocycles. The molecule has 0 radical (unpaired) electrons. The van der Waals surface area contributed by atoms with Gasteiger partial charge in [0.05, 0.1) is 19.3 Å². The highest BCUT2D eigenvalue weighted by atomic mass is 16.6. The fourth-order valence-corrected chi connectivity index (χ4v) is 1.54. The van der Waals surface area contributed by atoms with Crippen LogP contribution in [0.4, 0.5) is 4.79 Å². The van der Waals surface area contributed by atoms with Gasteiger partial charge in [0.25, 0.3) is 0 Å². The number of carbonyl (C=O) groups is 2. The van der Waals surface area contributed by atoms with Crippen LogP contribution in [0.15, 0.2) is 6.20 Å². The maximum Gasteiger partial charge on any atom is 0.408 e. The molecular weight excluding hydrogens is 262 g/mol. The Morgan fingerprint density at radius 2 is 2.10 bits per heavy atom. The smallest absolute Gasteiger partial charge is 0.408 e. The van der Waals surface area contributed by atoms with Crippen LogP contribution >= 0.6 is 0 Å². The third kappa shape index (κ3) is 4.56. The highest BCUT2D eigenvalue weighted by molar-refractivity contribution is 5.86. The maximum absolute atomic E-state index is 11.7. The first-order valence-corrected chi connectivity index (χ1v) is 6.39. The molecule has 0 aliphatic heterocycles. The molecule has 1 rings (SSSR count). The molecule has 1 aromatic rings. The van der Waals surface area contributed by atoms with Crippen molar-refractivity contribution in [1.29, 1.82) is 0 Å². The van der Waals surface area contributed by atoms with Crippen LogP contribution in [0.2, 0.25) is 0 Å². The van der Waals surface area contributed by atoms with E-state index >= 15 is 0 Å². The van der Waals surface area contributed by atoms with Gasteiger partial charge in [0, 0.05) is 0 Å². The van der Waals surface area contributed by atoms with E-state index in [-0.39, 0.29) is 11.7 Å². The zero-order chi connectivity index (χ0) is 15.3. The summed E-state index contributed by atoms with van der Waals surface area (Å²) in [7, 11) is 1.29. The maximum atomic E-state index is 11.7. The zero-order valence-electron chi connectivity index (χ0n) is 12.4. The van der Waals surface area contributed by atoms with Crippen molar-refractivity contribution in [3.05, 3.63) is 17.7 Å². The molecule has 1 atom stereocenters. The molecule has 0 bridgehead atoms. The first kappa shape index (κ1) is 16.0. The molecule has 20 heavy (non-hydrogen) atoms. The van der Waals surface area contributed by atoms with Crippen LogP contribution in [-0.4, -0.2) is 34.7 Å². The Labute approximate surface area is 118 Å². The summed E-state index contributed by atoms with van der Waals surface area (Å²) in [6.07, 6.45) is 1.45. The second-order valence-corrected chi connectivity index (χ2v) is 5.28. The van der Waals surface area contributed by atoms with Gasteiger partial charge in [-0.15, -0.1) is 0 Å². The van der Waals surface area contributed by atoms with Crippen LogP contribution < -0.4 is 5.32 Å². The molecule has 1 aromatic heterocycles. The van der Waals surface area contributed by atoms with Crippen molar-refractivity contribution in [1.82, 2.24) is 15.3 Å². The average molecular weight is 283 g/mol. The number of aromatic nitrogens is 2. The Kier molecular flexibility index (Phi) is 5.12. The van der Waals surface area contributed by atoms with Crippen molar-refractivity contribution >= 4 is 12.1 Å². The normalized spacial score (nSPS) is 12.7. The van der Waals surface area contributed by atoms with E-state index in [0.717, 1.165) is 0 Å². The van der Waals surface area contributed by atoms with E-state index in [1.54, 1.807) is 20.8 Å². The summed E-state index contributed by atoms with van der Waals surface area (Å²) in [6.45, 7) is 7.25. The monoisotopic (exact) mass is 283 g/mol. The summed E-state index contributed by atoms with van der Waals surface area (Å²) in [5.74, 6) is -0.0189. The van der Waals surface area contributed by atoms with Gasteiger partial charge < -0.3 is 19.8 Å². The predicted octanol–water partition coefficient (Wildman–Crippen LogP) is 2.17. The molecule has 0 aliphatic carbocycles. The lowest BCUT2D eigenvalue weighted by Crippen LogP contribution is -2.35. The lowest BCUT2D eigenvalue weighted by atomic mass is 10.2. The Balaban J connectivity index is 2.74. The van der Waals surface area contributed by atoms with Crippen LogP contribution in [0.3, 0.4) is 0 Å². The number of methoxy groups -OCH3 is 1. The predicted molar refractivity (Wildman–Crippen MR) is 72.3 cm³/mol. The summed E-state index contributed by atoms with van der Waals surface area (Å²) < 4.78 is 9.77. The van der Waals surface area contributed by atoms with Crippen molar-refractivity contribution in [3.8, 4) is 0 Å². The van der Waals surface area contributed by atoms with Gasteiger partial charge in [-0.1, -0.05) is 6.92 Å². The van der Waals surface area contributed by atoms with E-state index in [0.29, 0.717) is 12.2 Å². The van der Waals surface area contributed by atoms with Gasteiger partial charge in [0.2, 0.25) is 0 Å². The summed E-state index contributed by atoms with van der Waals surface area (Å²) >= 11 is 0. The fraction of sp³-hybridized carbons (Fsp3) is 0.615. The molecular formula is C13H21N3O4. The van der Waals surface area contributed by atoms with Crippen molar-refractivity contribution in [2.24, 2.45) is 0 Å². The van der Waals surface area contributed by atoms with Crippen LogP contribution in [0.5, 0.6) is 0 Å². The Morgan fingerprint density at radius 1 is 1.45 bits per heavy atom. The lowest BCUT2D eigenvalue weighted by molar-refractivity contribution is 0.0499. The van der Waals surface area contributed by atoms with Crippen molar-refractivity contribution in [2.75, 3.05) is 7.11 Å². The van der Waals surface area contributed by atoms with Gasteiger partial charge in [-0.05, 0) is 27.2 Å². The lowest BCUT2D eigenvalue weighted by Gasteiger charge is -2.22. The fourth-order valence-electron chi connectivity index (χ4n) is 1.54. The van der Waals surface area contributed by atoms with E-state index in [4.69, 9.17) is 4.74 Å². The zero-order valence-corrected chi connectivity index (χ0v) is 12.4. The van der Waals surface area contributed by atoms with E-state index in [2.05, 4.69) is 20.0 Å². The summed E-state index contributed by atoms with van der Waals surface area (Å²) in [5.41, 5.74) is -0.324. The molecule has 0 unspecified atom stereocenters. The second kappa shape index (κ2) is 6.40. The number of ether oxygens (including phenoxy) is 2. The Bertz CT molecular complexity index is 476. The number of nitrogens with one attached hydrogen (secondary N) is 2. The minimum atomic E-state index is -0.567. The quantitative estimate of drug-likeness (QED) is 0.826. The molecule has 1 amide bonds. The first-order chi connectivity index (χ1) is 9.26. The first-order valence-electron chi connectivity index (χ1n) is 6.39. The van der Waals surface area contributed by atoms with Gasteiger partial charge in [0.1, 0.15) is 17.1 Å². The number of alkyl carbamates (subject to hydrolysis) is 1. The van der Waals surface area contributed by atoms with Gasteiger partial charge >= 0.3 is 12.1 Å². The summed E-state index contributed by atoms with van der Waals surface area (Å²) in [4.78, 5) is 30.0. The second-order valence-electron chi connectivity index (χ2n) is 5.28. The Hall–Kier alpha value is -2.05. The third-order valence-electron chi connectivity index (χ3n) is 2.43. The summed E-state index contributed by atoms with van der Waals surface area (Å²) in [6, 6.07) is -0.358. The van der Waals surface area contributed by atoms with Crippen LogP contribution in [0, 0.1) is 0 Å². The van der Waals surface area contributed by atoms with E-state index in [9.17, 15) is 9.59 Å². The largest absolute Gasteiger partial charge is 0.464 e. The molecule has 0 aliphatic rings. The minimum Gasteiger partial charge on any atom is -0.464 e. The number of amides is 1. The number of rotatable bonds is 4. The Morgan fingerprint density at radius 3 is 2.60 bits per heavy atom. The van der Waals surface area contributed by atoms with Crippen LogP contribution in [0.1, 0.15) is 56.5 Å². The number of H-pyrrole nitrogens is 1.